The fraction of sp³-hybridized carbons (Fsp3) is 0.756. The fourth-order valence-electron chi connectivity index (χ4n) is 11.7. The van der Waals surface area contributed by atoms with Crippen molar-refractivity contribution in [2.24, 2.45) is 0 Å². The van der Waals surface area contributed by atoms with Crippen LogP contribution in [0.25, 0.3) is 0 Å². The summed E-state index contributed by atoms with van der Waals surface area (Å²) in [6.45, 7) is 4.55. The number of carbonyl (C=O) groups excluding carboxylic acids is 1. The van der Waals surface area contributed by atoms with Crippen LogP contribution in [0.4, 0.5) is 0 Å². The van der Waals surface area contributed by atoms with Crippen molar-refractivity contribution in [3.05, 3.63) is 122 Å². The molecule has 0 saturated carbocycles. The van der Waals surface area contributed by atoms with E-state index in [2.05, 4.69) is 129 Å². The van der Waals surface area contributed by atoms with Gasteiger partial charge in [-0.2, -0.15) is 0 Å². The van der Waals surface area contributed by atoms with Gasteiger partial charge in [-0.25, -0.2) is 0 Å². The van der Waals surface area contributed by atoms with Gasteiger partial charge in [0.15, 0.2) is 0 Å². The number of amides is 1. The van der Waals surface area contributed by atoms with Gasteiger partial charge in [-0.1, -0.05) is 386 Å². The van der Waals surface area contributed by atoms with Gasteiger partial charge in [-0.05, 0) is 96.3 Å². The molecule has 550 valence electrons. The number of likely N-dealkylation sites (N-methyl/N-ethyl adjacent to an activating group) is 1. The lowest BCUT2D eigenvalue weighted by Gasteiger charge is -2.29. The zero-order valence-corrected chi connectivity index (χ0v) is 64.0. The number of allylic oxidation sites excluding steroid dienone is 19. The summed E-state index contributed by atoms with van der Waals surface area (Å²) < 4.78 is 23.5. The monoisotopic (exact) mass is 1340 g/mol. The number of nitrogens with one attached hydrogen (secondary N) is 1. The second kappa shape index (κ2) is 75.1. The smallest absolute Gasteiger partial charge is 0.268 e. The molecular formula is C86H155N2O6P. The van der Waals surface area contributed by atoms with Crippen LogP contribution in [0.5, 0.6) is 0 Å². The molecule has 0 bridgehead atoms. The van der Waals surface area contributed by atoms with E-state index in [1.165, 1.54) is 257 Å². The Balaban J connectivity index is 4.03. The standard InChI is InChI=1S/C86H155N2O6P/c1-6-8-10-12-14-16-18-20-22-24-26-28-30-32-34-36-38-40-41-42-43-44-45-46-47-48-50-52-54-56-58-60-62-64-66-68-70-72-74-76-78-80-86(90)87-84(83-94-95(91,92)93-82-81-88(3,4)5)85(89)79-77-75-73-71-69-67-65-63-61-59-57-55-53-51-49-39-37-35-33-31-29-27-25-23-21-19-17-15-13-11-9-7-2/h8,10,14,16,20,22,26,28,32,34,38,40,42-43,45-46,69,71,77,79,84-85,89H,6-7,9,11-13,15,17-19,21,23-25,27,29-31,33,35-37,39,41,44,47-68,70,72-76,78,80-83H2,1-5H3,(H-,87,90,91,92)/b10-8-,16-14-,22-20-,28-26-,34-32-,40-38-,43-42-,46-45-,71-69+,79-77+. The first kappa shape index (κ1) is 91.9. The Bertz CT molecular complexity index is 1970. The number of quaternary nitrogens is 1. The lowest BCUT2D eigenvalue weighted by atomic mass is 10.0. The number of aliphatic hydroxyl groups excluding tert-OH is 1. The van der Waals surface area contributed by atoms with Crippen LogP contribution >= 0.6 is 7.82 Å². The minimum Gasteiger partial charge on any atom is -0.756 e. The van der Waals surface area contributed by atoms with Gasteiger partial charge in [0.1, 0.15) is 13.2 Å². The predicted molar refractivity (Wildman–Crippen MR) is 417 cm³/mol. The number of hydrogen-bond donors (Lipinski definition) is 2. The van der Waals surface area contributed by atoms with Crippen LogP contribution in [0, 0.1) is 0 Å². The highest BCUT2D eigenvalue weighted by Crippen LogP contribution is 2.38. The van der Waals surface area contributed by atoms with Crippen molar-refractivity contribution < 1.29 is 32.9 Å². The van der Waals surface area contributed by atoms with E-state index in [1.54, 1.807) is 6.08 Å². The van der Waals surface area contributed by atoms with Gasteiger partial charge in [-0.15, -0.1) is 0 Å². The average Bonchev–Trinajstić information content (AvgIpc) is 2.01. The van der Waals surface area contributed by atoms with Crippen LogP contribution in [0.1, 0.15) is 367 Å². The number of hydrogen-bond acceptors (Lipinski definition) is 6. The van der Waals surface area contributed by atoms with Crippen LogP contribution in [-0.4, -0.2) is 68.5 Å². The van der Waals surface area contributed by atoms with Crippen molar-refractivity contribution in [2.75, 3.05) is 40.9 Å². The number of aliphatic hydroxyl groups is 1. The molecule has 9 heteroatoms. The summed E-state index contributed by atoms with van der Waals surface area (Å²) in [4.78, 5) is 25.7. The highest BCUT2D eigenvalue weighted by atomic mass is 31.2. The van der Waals surface area contributed by atoms with Crippen molar-refractivity contribution in [2.45, 2.75) is 379 Å². The number of carbonyl (C=O) groups is 1. The summed E-state index contributed by atoms with van der Waals surface area (Å²) >= 11 is 0. The third-order valence-electron chi connectivity index (χ3n) is 17.9. The Kier molecular flexibility index (Phi) is 72.7. The largest absolute Gasteiger partial charge is 0.756 e. The van der Waals surface area contributed by atoms with Gasteiger partial charge in [-0.3, -0.25) is 9.36 Å². The molecule has 0 rings (SSSR count). The van der Waals surface area contributed by atoms with Crippen molar-refractivity contribution in [3.8, 4) is 0 Å². The maximum Gasteiger partial charge on any atom is 0.268 e. The normalized spacial score (nSPS) is 14.1. The molecule has 3 unspecified atom stereocenters. The molecule has 2 N–H and O–H groups in total. The Labute approximate surface area is 590 Å². The van der Waals surface area contributed by atoms with Crippen LogP contribution in [0.3, 0.4) is 0 Å². The summed E-state index contributed by atoms with van der Waals surface area (Å²) in [7, 11) is 1.25. The maximum atomic E-state index is 13.1. The molecule has 0 radical (unpaired) electrons. The first-order chi connectivity index (χ1) is 46.5. The SMILES string of the molecule is CC/C=C\C/C=C\C/C=C\C/C=C\C/C=C\C/C=C\C/C=C\C/C=C\CCCCCCCCCCCCCCCCCCC(=O)NC(COP(=O)([O-])OCC[N+](C)(C)C)C(O)/C=C/CC/C=C/CCCCCCCCCCCCCCCCCCCCCCCCCCCC. The van der Waals surface area contributed by atoms with Crippen molar-refractivity contribution in [3.63, 3.8) is 0 Å². The van der Waals surface area contributed by atoms with E-state index in [1.807, 2.05) is 27.2 Å². The van der Waals surface area contributed by atoms with Gasteiger partial charge < -0.3 is 28.8 Å². The van der Waals surface area contributed by atoms with Crippen molar-refractivity contribution in [1.82, 2.24) is 5.32 Å². The van der Waals surface area contributed by atoms with E-state index in [9.17, 15) is 19.4 Å². The number of unbranched alkanes of at least 4 members (excludes halogenated alkanes) is 43. The molecule has 0 heterocycles. The summed E-state index contributed by atoms with van der Waals surface area (Å²) in [5, 5.41) is 14.0. The second-order valence-corrected chi connectivity index (χ2v) is 29.8. The van der Waals surface area contributed by atoms with Crippen LogP contribution < -0.4 is 10.2 Å². The first-order valence-electron chi connectivity index (χ1n) is 40.4. The lowest BCUT2D eigenvalue weighted by molar-refractivity contribution is -0.870. The van der Waals surface area contributed by atoms with Crippen LogP contribution in [0.2, 0.25) is 0 Å². The topological polar surface area (TPSA) is 108 Å². The molecule has 0 fully saturated rings. The minimum absolute atomic E-state index is 0.00934. The Hall–Kier alpha value is -3.10. The van der Waals surface area contributed by atoms with E-state index in [-0.39, 0.29) is 12.5 Å². The minimum atomic E-state index is -4.62. The Morgan fingerprint density at radius 1 is 0.379 bits per heavy atom. The van der Waals surface area contributed by atoms with Crippen LogP contribution in [-0.2, 0) is 18.4 Å². The number of rotatable bonds is 74. The quantitative estimate of drug-likeness (QED) is 0.0272. The molecule has 95 heavy (non-hydrogen) atoms. The van der Waals surface area contributed by atoms with Gasteiger partial charge >= 0.3 is 0 Å². The molecule has 0 aromatic rings. The van der Waals surface area contributed by atoms with Gasteiger partial charge in [0.25, 0.3) is 7.82 Å². The zero-order chi connectivity index (χ0) is 69.0. The molecule has 0 aliphatic heterocycles. The highest BCUT2D eigenvalue weighted by molar-refractivity contribution is 7.45. The van der Waals surface area contributed by atoms with Crippen molar-refractivity contribution >= 4 is 13.7 Å². The van der Waals surface area contributed by atoms with E-state index in [0.717, 1.165) is 89.9 Å². The highest BCUT2D eigenvalue weighted by Gasteiger charge is 2.23. The molecular weight excluding hydrogens is 1190 g/mol. The van der Waals surface area contributed by atoms with Crippen LogP contribution in [0.15, 0.2) is 122 Å². The maximum absolute atomic E-state index is 13.1. The van der Waals surface area contributed by atoms with E-state index in [0.29, 0.717) is 17.4 Å². The molecule has 0 aromatic carbocycles. The molecule has 8 nitrogen and oxygen atoms in total. The van der Waals surface area contributed by atoms with E-state index >= 15 is 0 Å². The average molecular weight is 1340 g/mol. The first-order valence-corrected chi connectivity index (χ1v) is 41.9. The third kappa shape index (κ3) is 78.1. The van der Waals surface area contributed by atoms with Gasteiger partial charge in [0, 0.05) is 6.42 Å². The third-order valence-corrected chi connectivity index (χ3v) is 18.9. The molecule has 0 aromatic heterocycles. The molecule has 0 aliphatic carbocycles. The van der Waals surface area contributed by atoms with Gasteiger partial charge in [0.05, 0.1) is 39.9 Å². The van der Waals surface area contributed by atoms with Crippen molar-refractivity contribution in [1.29, 1.82) is 0 Å². The molecule has 0 spiro atoms. The Morgan fingerprint density at radius 2 is 0.653 bits per heavy atom. The summed E-state index contributed by atoms with van der Waals surface area (Å²) in [6.07, 6.45) is 112. The fourth-order valence-corrected chi connectivity index (χ4v) is 12.4. The second-order valence-electron chi connectivity index (χ2n) is 28.4. The van der Waals surface area contributed by atoms with Gasteiger partial charge in [0.2, 0.25) is 5.91 Å². The lowest BCUT2D eigenvalue weighted by Crippen LogP contribution is -2.45. The summed E-state index contributed by atoms with van der Waals surface area (Å²) in [5.74, 6) is -0.206. The predicted octanol–water partition coefficient (Wildman–Crippen LogP) is 26.1. The van der Waals surface area contributed by atoms with E-state index < -0.39 is 26.6 Å². The summed E-state index contributed by atoms with van der Waals surface area (Å²) in [6, 6.07) is -0.912. The zero-order valence-electron chi connectivity index (χ0n) is 63.1. The number of phosphoric acid groups is 1. The molecule has 1 amide bonds. The number of phosphoric ester groups is 1. The molecule has 3 atom stereocenters. The Morgan fingerprint density at radius 3 is 0.979 bits per heavy atom. The molecule has 0 saturated heterocycles. The number of nitrogens with zero attached hydrogens (tertiary/aromatic N) is 1. The van der Waals surface area contributed by atoms with E-state index in [4.69, 9.17) is 9.05 Å². The molecule has 0 aliphatic rings. The summed E-state index contributed by atoms with van der Waals surface area (Å²) in [5.41, 5.74) is 0.